The fourth-order valence-corrected chi connectivity index (χ4v) is 2.98. The van der Waals surface area contributed by atoms with Gasteiger partial charge in [-0.2, -0.15) is 0 Å². The third kappa shape index (κ3) is 2.67. The van der Waals surface area contributed by atoms with Crippen molar-refractivity contribution >= 4 is 0 Å². The van der Waals surface area contributed by atoms with Crippen LogP contribution in [0.5, 0.6) is 5.75 Å². The van der Waals surface area contributed by atoms with Crippen molar-refractivity contribution in [3.8, 4) is 5.75 Å². The van der Waals surface area contributed by atoms with Crippen LogP contribution in [0.15, 0.2) is 36.4 Å². The van der Waals surface area contributed by atoms with E-state index in [0.29, 0.717) is 0 Å². The highest BCUT2D eigenvalue weighted by atomic mass is 16.5. The molecule has 3 rings (SSSR count). The molecule has 0 radical (unpaired) electrons. The smallest absolute Gasteiger partial charge is 0.121 e. The molecule has 0 aromatic heterocycles. The molecule has 2 aromatic rings. The highest BCUT2D eigenvalue weighted by Crippen LogP contribution is 2.29. The van der Waals surface area contributed by atoms with Crippen LogP contribution in [0.3, 0.4) is 0 Å². The fraction of sp³-hybridized carbons (Fsp3) is 0.333. The molecule has 1 heterocycles. The van der Waals surface area contributed by atoms with E-state index in [0.717, 1.165) is 24.5 Å². The van der Waals surface area contributed by atoms with Gasteiger partial charge in [-0.1, -0.05) is 30.3 Å². The van der Waals surface area contributed by atoms with Crippen molar-refractivity contribution in [3.63, 3.8) is 0 Å². The van der Waals surface area contributed by atoms with Gasteiger partial charge in [0.15, 0.2) is 0 Å². The monoisotopic (exact) mass is 283 g/mol. The van der Waals surface area contributed by atoms with Gasteiger partial charge in [-0.15, -0.1) is 0 Å². The molecule has 0 fully saturated rings. The van der Waals surface area contributed by atoms with E-state index >= 15 is 0 Å². The summed E-state index contributed by atoms with van der Waals surface area (Å²) in [6.45, 7) is 3.54. The molecule has 0 saturated heterocycles. The van der Waals surface area contributed by atoms with Crippen molar-refractivity contribution < 1.29 is 9.47 Å². The molecule has 0 bridgehead atoms. The molecule has 3 nitrogen and oxygen atoms in total. The summed E-state index contributed by atoms with van der Waals surface area (Å²) in [7, 11) is 3.70. The van der Waals surface area contributed by atoms with Crippen LogP contribution in [0, 0.1) is 6.92 Å². The van der Waals surface area contributed by atoms with Crippen molar-refractivity contribution in [2.24, 2.45) is 0 Å². The van der Waals surface area contributed by atoms with E-state index in [1.165, 1.54) is 22.3 Å². The molecule has 110 valence electrons. The van der Waals surface area contributed by atoms with Gasteiger partial charge in [0, 0.05) is 0 Å². The Morgan fingerprint density at radius 2 is 1.76 bits per heavy atom. The van der Waals surface area contributed by atoms with Crippen LogP contribution in [-0.2, 0) is 18.0 Å². The quantitative estimate of drug-likeness (QED) is 0.933. The first-order valence-electron chi connectivity index (χ1n) is 7.24. The number of fused-ring (bicyclic) bond motifs is 1. The van der Waals surface area contributed by atoms with Crippen LogP contribution < -0.4 is 10.1 Å². The summed E-state index contributed by atoms with van der Waals surface area (Å²) in [5, 5.41) is 3.41. The Hall–Kier alpha value is -1.84. The summed E-state index contributed by atoms with van der Waals surface area (Å²) in [4.78, 5) is 0. The Balaban J connectivity index is 1.96. The topological polar surface area (TPSA) is 30.5 Å². The number of benzene rings is 2. The predicted octanol–water partition coefficient (Wildman–Crippen LogP) is 3.34. The van der Waals surface area contributed by atoms with E-state index < -0.39 is 0 Å². The van der Waals surface area contributed by atoms with Crippen LogP contribution in [0.1, 0.15) is 33.9 Å². The molecule has 1 atom stereocenters. The van der Waals surface area contributed by atoms with Crippen LogP contribution >= 0.6 is 0 Å². The molecule has 1 aliphatic rings. The minimum Gasteiger partial charge on any atom is -0.496 e. The summed E-state index contributed by atoms with van der Waals surface area (Å²) in [6, 6.07) is 13.1. The highest BCUT2D eigenvalue weighted by Gasteiger charge is 2.17. The lowest BCUT2D eigenvalue weighted by Gasteiger charge is -2.19. The molecule has 21 heavy (non-hydrogen) atoms. The van der Waals surface area contributed by atoms with E-state index in [1.807, 2.05) is 13.1 Å². The Bertz CT molecular complexity index is 652. The number of ether oxygens (including phenoxy) is 2. The Morgan fingerprint density at radius 3 is 2.48 bits per heavy atom. The summed E-state index contributed by atoms with van der Waals surface area (Å²) in [5.41, 5.74) is 6.28. The van der Waals surface area contributed by atoms with Crippen molar-refractivity contribution in [1.82, 2.24) is 5.32 Å². The molecule has 0 spiro atoms. The maximum atomic E-state index is 5.50. The van der Waals surface area contributed by atoms with Gasteiger partial charge in [0.25, 0.3) is 0 Å². The predicted molar refractivity (Wildman–Crippen MR) is 83.6 cm³/mol. The number of methoxy groups -OCH3 is 1. The normalized spacial score (nSPS) is 14.8. The number of hydrogen-bond donors (Lipinski definition) is 1. The molecule has 0 aliphatic carbocycles. The number of aryl methyl sites for hydroxylation is 1. The molecule has 0 amide bonds. The van der Waals surface area contributed by atoms with Crippen molar-refractivity contribution in [2.75, 3.05) is 14.2 Å². The molecule has 1 unspecified atom stereocenters. The zero-order valence-electron chi connectivity index (χ0n) is 12.8. The van der Waals surface area contributed by atoms with Gasteiger partial charge in [0.2, 0.25) is 0 Å². The maximum Gasteiger partial charge on any atom is 0.121 e. The first-order valence-corrected chi connectivity index (χ1v) is 7.24. The highest BCUT2D eigenvalue weighted by molar-refractivity contribution is 5.43. The molecule has 3 heteroatoms. The summed E-state index contributed by atoms with van der Waals surface area (Å²) >= 11 is 0. The zero-order valence-corrected chi connectivity index (χ0v) is 12.8. The third-order valence-electron chi connectivity index (χ3n) is 4.12. The second-order valence-electron chi connectivity index (χ2n) is 5.47. The van der Waals surface area contributed by atoms with Gasteiger partial charge in [0.1, 0.15) is 5.75 Å². The average Bonchev–Trinajstić information content (AvgIpc) is 2.96. The van der Waals surface area contributed by atoms with Crippen molar-refractivity contribution in [2.45, 2.75) is 26.2 Å². The van der Waals surface area contributed by atoms with Gasteiger partial charge in [-0.3, -0.25) is 0 Å². The number of nitrogens with one attached hydrogen (secondary N) is 1. The van der Waals surface area contributed by atoms with Crippen LogP contribution in [0.2, 0.25) is 0 Å². The van der Waals surface area contributed by atoms with E-state index in [4.69, 9.17) is 9.47 Å². The Kier molecular flexibility index (Phi) is 3.95. The first kappa shape index (κ1) is 14.1. The van der Waals surface area contributed by atoms with Crippen LogP contribution in [-0.4, -0.2) is 14.2 Å². The Morgan fingerprint density at radius 1 is 1.05 bits per heavy atom. The van der Waals surface area contributed by atoms with E-state index in [9.17, 15) is 0 Å². The minimum absolute atomic E-state index is 0.181. The summed E-state index contributed by atoms with van der Waals surface area (Å²) in [6.07, 6.45) is 0. The standard InChI is InChI=1S/C18H21NO2/c1-12-8-13(6-7-17(12)20-3)18(19-2)14-4-5-15-10-21-11-16(15)9-14/h4-9,18-19H,10-11H2,1-3H3. The Labute approximate surface area is 125 Å². The molecule has 2 aromatic carbocycles. The van der Waals surface area contributed by atoms with Gasteiger partial charge in [0.05, 0.1) is 26.4 Å². The molecule has 1 N–H and O–H groups in total. The van der Waals surface area contributed by atoms with Crippen molar-refractivity contribution in [1.29, 1.82) is 0 Å². The summed E-state index contributed by atoms with van der Waals surface area (Å²) in [5.74, 6) is 0.927. The van der Waals surface area contributed by atoms with Gasteiger partial charge in [-0.25, -0.2) is 0 Å². The summed E-state index contributed by atoms with van der Waals surface area (Å²) < 4.78 is 10.8. The van der Waals surface area contributed by atoms with Gasteiger partial charge >= 0.3 is 0 Å². The SMILES string of the molecule is CNC(c1ccc(OC)c(C)c1)c1ccc2c(c1)COC2. The largest absolute Gasteiger partial charge is 0.496 e. The minimum atomic E-state index is 0.181. The molecule has 1 aliphatic heterocycles. The van der Waals surface area contributed by atoms with E-state index in [2.05, 4.69) is 42.6 Å². The first-order chi connectivity index (χ1) is 10.2. The van der Waals surface area contributed by atoms with E-state index in [1.54, 1.807) is 7.11 Å². The lowest BCUT2D eigenvalue weighted by atomic mass is 9.94. The van der Waals surface area contributed by atoms with Crippen LogP contribution in [0.4, 0.5) is 0 Å². The molecule has 0 saturated carbocycles. The molecular formula is C18H21NO2. The number of rotatable bonds is 4. The number of hydrogen-bond acceptors (Lipinski definition) is 3. The second-order valence-corrected chi connectivity index (χ2v) is 5.47. The lowest BCUT2D eigenvalue weighted by Crippen LogP contribution is -2.18. The zero-order chi connectivity index (χ0) is 14.8. The average molecular weight is 283 g/mol. The van der Waals surface area contributed by atoms with Crippen molar-refractivity contribution in [3.05, 3.63) is 64.2 Å². The third-order valence-corrected chi connectivity index (χ3v) is 4.12. The van der Waals surface area contributed by atoms with E-state index in [-0.39, 0.29) is 6.04 Å². The van der Waals surface area contributed by atoms with Crippen LogP contribution in [0.25, 0.3) is 0 Å². The maximum absolute atomic E-state index is 5.50. The van der Waals surface area contributed by atoms with Gasteiger partial charge in [-0.05, 0) is 47.9 Å². The second kappa shape index (κ2) is 5.88. The fourth-order valence-electron chi connectivity index (χ4n) is 2.98. The van der Waals surface area contributed by atoms with Gasteiger partial charge < -0.3 is 14.8 Å². The lowest BCUT2D eigenvalue weighted by molar-refractivity contribution is 0.134. The molecular weight excluding hydrogens is 262 g/mol.